The van der Waals surface area contributed by atoms with E-state index in [1.807, 2.05) is 0 Å². The fourth-order valence-corrected chi connectivity index (χ4v) is 2.21. The molecule has 1 aromatic rings. The molecule has 3 amide bonds. The average Bonchev–Trinajstić information content (AvgIpc) is 2.50. The van der Waals surface area contributed by atoms with Crippen LogP contribution in [0.25, 0.3) is 0 Å². The summed E-state index contributed by atoms with van der Waals surface area (Å²) < 4.78 is 0. The lowest BCUT2D eigenvalue weighted by Crippen LogP contribution is -2.44. The number of pyridine rings is 1. The fourth-order valence-electron chi connectivity index (χ4n) is 2.21. The highest BCUT2D eigenvalue weighted by Gasteiger charge is 2.25. The predicted molar refractivity (Wildman–Crippen MR) is 76.7 cm³/mol. The minimum atomic E-state index is -0.288. The fraction of sp³-hybridized carbons (Fsp3) is 0.429. The van der Waals surface area contributed by atoms with Crippen LogP contribution in [0.15, 0.2) is 18.3 Å². The largest absolute Gasteiger partial charge is 0.372 e. The van der Waals surface area contributed by atoms with E-state index in [1.54, 1.807) is 25.4 Å². The minimum Gasteiger partial charge on any atom is -0.372 e. The van der Waals surface area contributed by atoms with Gasteiger partial charge in [-0.05, 0) is 18.6 Å². The van der Waals surface area contributed by atoms with E-state index in [0.717, 1.165) is 0 Å². The lowest BCUT2D eigenvalue weighted by molar-refractivity contribution is -0.147. The van der Waals surface area contributed by atoms with E-state index in [9.17, 15) is 14.4 Å². The van der Waals surface area contributed by atoms with Crippen molar-refractivity contribution in [3.05, 3.63) is 23.9 Å². The first-order valence-corrected chi connectivity index (χ1v) is 6.87. The van der Waals surface area contributed by atoms with Gasteiger partial charge in [0, 0.05) is 39.2 Å². The normalized spacial score (nSPS) is 15.0. The summed E-state index contributed by atoms with van der Waals surface area (Å²) in [5.41, 5.74) is 0.427. The Morgan fingerprint density at radius 3 is 2.71 bits per heavy atom. The maximum absolute atomic E-state index is 12.0. The number of carbonyl (C=O) groups excluding carboxylic acids is 3. The van der Waals surface area contributed by atoms with Gasteiger partial charge >= 0.3 is 0 Å². The van der Waals surface area contributed by atoms with Crippen LogP contribution in [-0.2, 0) is 9.59 Å². The van der Waals surface area contributed by atoms with Crippen molar-refractivity contribution in [2.45, 2.75) is 19.3 Å². The molecule has 0 aromatic carbocycles. The molecule has 0 atom stereocenters. The molecule has 0 radical (unpaired) electrons. The summed E-state index contributed by atoms with van der Waals surface area (Å²) in [7, 11) is 1.68. The number of likely N-dealkylation sites (tertiary alicyclic amines) is 1. The maximum atomic E-state index is 12.0. The van der Waals surface area contributed by atoms with E-state index in [0.29, 0.717) is 30.6 Å². The van der Waals surface area contributed by atoms with Crippen molar-refractivity contribution in [3.63, 3.8) is 0 Å². The van der Waals surface area contributed by atoms with Gasteiger partial charge in [-0.25, -0.2) is 4.98 Å². The lowest BCUT2D eigenvalue weighted by Gasteiger charge is -2.24. The van der Waals surface area contributed by atoms with Gasteiger partial charge < -0.3 is 10.6 Å². The third-order valence-electron chi connectivity index (χ3n) is 3.29. The summed E-state index contributed by atoms with van der Waals surface area (Å²) in [4.78, 5) is 40.6. The van der Waals surface area contributed by atoms with Crippen molar-refractivity contribution in [1.82, 2.24) is 15.2 Å². The Labute approximate surface area is 122 Å². The van der Waals surface area contributed by atoms with Crippen molar-refractivity contribution < 1.29 is 14.4 Å². The molecule has 0 aliphatic carbocycles. The van der Waals surface area contributed by atoms with E-state index in [-0.39, 0.29) is 30.8 Å². The quantitative estimate of drug-likeness (QED) is 0.766. The first-order chi connectivity index (χ1) is 10.1. The molecule has 2 rings (SSSR count). The zero-order valence-electron chi connectivity index (χ0n) is 11.9. The van der Waals surface area contributed by atoms with Crippen molar-refractivity contribution in [3.8, 4) is 0 Å². The van der Waals surface area contributed by atoms with Crippen LogP contribution in [0.1, 0.15) is 29.6 Å². The number of amides is 3. The molecule has 1 saturated heterocycles. The first kappa shape index (κ1) is 15.0. The Morgan fingerprint density at radius 2 is 2.05 bits per heavy atom. The number of nitrogens with zero attached hydrogens (tertiary/aromatic N) is 2. The molecule has 1 aliphatic heterocycles. The number of rotatable bonds is 5. The lowest BCUT2D eigenvalue weighted by atomic mass is 10.1. The van der Waals surface area contributed by atoms with Crippen LogP contribution in [0.5, 0.6) is 0 Å². The highest BCUT2D eigenvalue weighted by molar-refractivity contribution is 5.99. The molecule has 1 aliphatic rings. The molecular formula is C14H18N4O3. The van der Waals surface area contributed by atoms with Crippen LogP contribution in [-0.4, -0.2) is 47.7 Å². The SMILES string of the molecule is CNc1ncccc1C(=O)NCCN1C(=O)CCCC1=O. The summed E-state index contributed by atoms with van der Waals surface area (Å²) in [6, 6.07) is 3.33. The van der Waals surface area contributed by atoms with E-state index >= 15 is 0 Å². The Balaban J connectivity index is 1.89. The van der Waals surface area contributed by atoms with E-state index in [1.165, 1.54) is 4.90 Å². The van der Waals surface area contributed by atoms with E-state index < -0.39 is 0 Å². The molecule has 2 heterocycles. The molecule has 0 unspecified atom stereocenters. The number of imide groups is 1. The molecule has 2 N–H and O–H groups in total. The van der Waals surface area contributed by atoms with Gasteiger partial charge in [-0.1, -0.05) is 0 Å². The van der Waals surface area contributed by atoms with Gasteiger partial charge in [-0.3, -0.25) is 19.3 Å². The number of anilines is 1. The summed E-state index contributed by atoms with van der Waals surface area (Å²) in [5.74, 6) is -0.139. The van der Waals surface area contributed by atoms with Crippen molar-refractivity contribution >= 4 is 23.5 Å². The van der Waals surface area contributed by atoms with Crippen molar-refractivity contribution in [2.75, 3.05) is 25.5 Å². The van der Waals surface area contributed by atoms with Gasteiger partial charge in [-0.15, -0.1) is 0 Å². The molecule has 0 bridgehead atoms. The van der Waals surface area contributed by atoms with Crippen LogP contribution >= 0.6 is 0 Å². The Hall–Kier alpha value is -2.44. The second kappa shape index (κ2) is 6.83. The topological polar surface area (TPSA) is 91.4 Å². The van der Waals surface area contributed by atoms with Crippen LogP contribution in [0.2, 0.25) is 0 Å². The third-order valence-corrected chi connectivity index (χ3v) is 3.29. The summed E-state index contributed by atoms with van der Waals surface area (Å²) >= 11 is 0. The van der Waals surface area contributed by atoms with E-state index in [4.69, 9.17) is 0 Å². The van der Waals surface area contributed by atoms with Gasteiger partial charge in [0.1, 0.15) is 5.82 Å². The number of aromatic nitrogens is 1. The molecule has 1 aromatic heterocycles. The number of nitrogens with one attached hydrogen (secondary N) is 2. The smallest absolute Gasteiger partial charge is 0.255 e. The van der Waals surface area contributed by atoms with Crippen LogP contribution in [0.4, 0.5) is 5.82 Å². The zero-order valence-corrected chi connectivity index (χ0v) is 11.9. The summed E-state index contributed by atoms with van der Waals surface area (Å²) in [5, 5.41) is 5.54. The molecule has 0 saturated carbocycles. The molecule has 7 heteroatoms. The number of hydrogen-bond acceptors (Lipinski definition) is 5. The first-order valence-electron chi connectivity index (χ1n) is 6.87. The molecule has 0 spiro atoms. The Morgan fingerprint density at radius 1 is 1.33 bits per heavy atom. The van der Waals surface area contributed by atoms with Gasteiger partial charge in [0.2, 0.25) is 11.8 Å². The Bertz CT molecular complexity index is 543. The number of carbonyl (C=O) groups is 3. The van der Waals surface area contributed by atoms with Gasteiger partial charge in [0.05, 0.1) is 5.56 Å². The zero-order chi connectivity index (χ0) is 15.2. The molecule has 21 heavy (non-hydrogen) atoms. The molecular weight excluding hydrogens is 272 g/mol. The number of piperidine rings is 1. The third kappa shape index (κ3) is 3.56. The van der Waals surface area contributed by atoms with Crippen LogP contribution in [0.3, 0.4) is 0 Å². The standard InChI is InChI=1S/C14H18N4O3/c1-15-13-10(4-3-7-16-13)14(21)17-8-9-18-11(19)5-2-6-12(18)20/h3-4,7H,2,5-6,8-9H2,1H3,(H,15,16)(H,17,21). The van der Waals surface area contributed by atoms with Gasteiger partial charge in [-0.2, -0.15) is 0 Å². The predicted octanol–water partition coefficient (Wildman–Crippen LogP) is 0.392. The van der Waals surface area contributed by atoms with Crippen molar-refractivity contribution in [1.29, 1.82) is 0 Å². The highest BCUT2D eigenvalue weighted by Crippen LogP contribution is 2.12. The highest BCUT2D eigenvalue weighted by atomic mass is 16.2. The second-order valence-corrected chi connectivity index (χ2v) is 4.70. The molecule has 112 valence electrons. The molecule has 1 fully saturated rings. The van der Waals surface area contributed by atoms with Crippen LogP contribution < -0.4 is 10.6 Å². The van der Waals surface area contributed by atoms with Gasteiger partial charge in [0.15, 0.2) is 0 Å². The Kier molecular flexibility index (Phi) is 4.86. The average molecular weight is 290 g/mol. The number of hydrogen-bond donors (Lipinski definition) is 2. The summed E-state index contributed by atoms with van der Waals surface area (Å²) in [6.07, 6.45) is 2.99. The van der Waals surface area contributed by atoms with Gasteiger partial charge in [0.25, 0.3) is 5.91 Å². The maximum Gasteiger partial charge on any atom is 0.255 e. The second-order valence-electron chi connectivity index (χ2n) is 4.70. The van der Waals surface area contributed by atoms with Crippen LogP contribution in [0, 0.1) is 0 Å². The summed E-state index contributed by atoms with van der Waals surface area (Å²) in [6.45, 7) is 0.437. The van der Waals surface area contributed by atoms with Crippen molar-refractivity contribution in [2.24, 2.45) is 0 Å². The molecule has 7 nitrogen and oxygen atoms in total. The minimum absolute atomic E-state index is 0.169. The van der Waals surface area contributed by atoms with E-state index in [2.05, 4.69) is 15.6 Å². The monoisotopic (exact) mass is 290 g/mol.